The largest absolute Gasteiger partial charge is 0.598 e. The smallest absolute Gasteiger partial charge is 0.410 e. The lowest BCUT2D eigenvalue weighted by atomic mass is 10.2. The quantitative estimate of drug-likeness (QED) is 0.724. The number of carbonyl (C=O) groups is 1. The molecule has 6 nitrogen and oxygen atoms in total. The highest BCUT2D eigenvalue weighted by atomic mass is 32.2. The van der Waals surface area contributed by atoms with Crippen LogP contribution in [0.1, 0.15) is 27.2 Å². The summed E-state index contributed by atoms with van der Waals surface area (Å²) < 4.78 is 19.1. The van der Waals surface area contributed by atoms with Crippen molar-refractivity contribution in [2.45, 2.75) is 32.8 Å². The molecule has 2 heterocycles. The summed E-state index contributed by atoms with van der Waals surface area (Å²) >= 11 is -0.769. The lowest BCUT2D eigenvalue weighted by Crippen LogP contribution is -2.51. The van der Waals surface area contributed by atoms with Crippen LogP contribution in [0, 0.1) is 0 Å². The van der Waals surface area contributed by atoms with Crippen molar-refractivity contribution < 1.29 is 14.1 Å². The molecule has 2 saturated heterocycles. The van der Waals surface area contributed by atoms with Gasteiger partial charge >= 0.3 is 6.09 Å². The van der Waals surface area contributed by atoms with Crippen LogP contribution in [0.25, 0.3) is 0 Å². The molecule has 0 aromatic heterocycles. The first kappa shape index (κ1) is 16.9. The van der Waals surface area contributed by atoms with E-state index in [1.807, 2.05) is 20.8 Å². The first-order valence-electron chi connectivity index (χ1n) is 7.69. The molecule has 21 heavy (non-hydrogen) atoms. The van der Waals surface area contributed by atoms with E-state index in [2.05, 4.69) is 9.21 Å². The van der Waals surface area contributed by atoms with Crippen LogP contribution >= 0.6 is 0 Å². The number of amides is 1. The van der Waals surface area contributed by atoms with Gasteiger partial charge in [0.1, 0.15) is 11.4 Å². The van der Waals surface area contributed by atoms with Gasteiger partial charge in [0.25, 0.3) is 0 Å². The predicted octanol–water partition coefficient (Wildman–Crippen LogP) is 0.909. The Morgan fingerprint density at radius 3 is 2.33 bits per heavy atom. The fraction of sp³-hybridized carbons (Fsp3) is 0.929. The third kappa shape index (κ3) is 5.32. The van der Waals surface area contributed by atoms with Crippen LogP contribution < -0.4 is 0 Å². The lowest BCUT2D eigenvalue weighted by Gasteiger charge is -2.35. The Hall–Kier alpha value is -0.500. The van der Waals surface area contributed by atoms with Crippen molar-refractivity contribution in [3.8, 4) is 0 Å². The number of hydrogen-bond acceptors (Lipinski definition) is 5. The Balaban J connectivity index is 1.67. The van der Waals surface area contributed by atoms with Crippen molar-refractivity contribution in [3.63, 3.8) is 0 Å². The van der Waals surface area contributed by atoms with Crippen LogP contribution in [0.2, 0.25) is 0 Å². The zero-order valence-electron chi connectivity index (χ0n) is 13.3. The Labute approximate surface area is 130 Å². The van der Waals surface area contributed by atoms with Gasteiger partial charge in [0.2, 0.25) is 0 Å². The molecule has 0 aromatic rings. The molecule has 1 atom stereocenters. The minimum absolute atomic E-state index is 0.220. The van der Waals surface area contributed by atoms with Gasteiger partial charge in [-0.3, -0.25) is 4.90 Å². The second kappa shape index (κ2) is 7.17. The molecule has 0 radical (unpaired) electrons. The average Bonchev–Trinajstić information content (AvgIpc) is 2.80. The van der Waals surface area contributed by atoms with Gasteiger partial charge in [-0.25, -0.2) is 4.79 Å². The first-order valence-corrected chi connectivity index (χ1v) is 8.96. The van der Waals surface area contributed by atoms with Crippen molar-refractivity contribution in [2.75, 3.05) is 51.6 Å². The summed E-state index contributed by atoms with van der Waals surface area (Å²) in [6.07, 6.45) is 0.821. The normalized spacial score (nSPS) is 25.3. The molecule has 2 aliphatic heterocycles. The molecular formula is C14H27N3O3S. The maximum absolute atomic E-state index is 12.0. The number of rotatable bonds is 3. The van der Waals surface area contributed by atoms with E-state index in [-0.39, 0.29) is 6.09 Å². The van der Waals surface area contributed by atoms with Crippen molar-refractivity contribution in [3.05, 3.63) is 0 Å². The maximum Gasteiger partial charge on any atom is 0.410 e. The van der Waals surface area contributed by atoms with E-state index in [0.717, 1.165) is 44.9 Å². The van der Waals surface area contributed by atoms with E-state index >= 15 is 0 Å². The van der Waals surface area contributed by atoms with E-state index in [9.17, 15) is 9.35 Å². The van der Waals surface area contributed by atoms with Crippen LogP contribution in [-0.2, 0) is 16.1 Å². The standard InChI is InChI=1S/C14H27N3O3S/c1-14(2,3)20-13(18)16-9-6-15(7-10-16)8-11-17-5-4-12-21(17)19/h4-12H2,1-3H3. The van der Waals surface area contributed by atoms with Crippen LogP contribution in [0.5, 0.6) is 0 Å². The fourth-order valence-electron chi connectivity index (χ4n) is 2.54. The van der Waals surface area contributed by atoms with Gasteiger partial charge < -0.3 is 14.2 Å². The Morgan fingerprint density at radius 1 is 1.14 bits per heavy atom. The molecule has 2 fully saturated rings. The minimum atomic E-state index is -0.769. The summed E-state index contributed by atoms with van der Waals surface area (Å²) in [5.74, 6) is 0.812. The van der Waals surface area contributed by atoms with Crippen molar-refractivity contribution in [2.24, 2.45) is 0 Å². The van der Waals surface area contributed by atoms with Crippen molar-refractivity contribution in [1.82, 2.24) is 14.1 Å². The summed E-state index contributed by atoms with van der Waals surface area (Å²) in [6, 6.07) is 0. The SMILES string of the molecule is CC(C)(C)OC(=O)N1CCN(CCN2CCC[S+]2[O-])CC1. The molecule has 0 saturated carbocycles. The van der Waals surface area contributed by atoms with Gasteiger partial charge in [0.05, 0.1) is 6.54 Å². The molecule has 2 aliphatic rings. The van der Waals surface area contributed by atoms with E-state index in [1.54, 1.807) is 4.90 Å². The highest BCUT2D eigenvalue weighted by Gasteiger charge is 2.29. The third-order valence-corrected chi connectivity index (χ3v) is 5.28. The summed E-state index contributed by atoms with van der Waals surface area (Å²) in [5.41, 5.74) is -0.436. The summed E-state index contributed by atoms with van der Waals surface area (Å²) in [7, 11) is 0. The molecule has 0 aromatic carbocycles. The van der Waals surface area contributed by atoms with Crippen LogP contribution in [0.15, 0.2) is 0 Å². The van der Waals surface area contributed by atoms with Crippen LogP contribution in [0.4, 0.5) is 4.79 Å². The second-order valence-electron chi connectivity index (χ2n) is 6.62. The zero-order valence-corrected chi connectivity index (χ0v) is 14.2. The predicted molar refractivity (Wildman–Crippen MR) is 83.4 cm³/mol. The molecule has 0 aliphatic carbocycles. The highest BCUT2D eigenvalue weighted by molar-refractivity contribution is 7.89. The molecule has 122 valence electrons. The Kier molecular flexibility index (Phi) is 5.76. The monoisotopic (exact) mass is 317 g/mol. The number of hydrogen-bond donors (Lipinski definition) is 0. The molecular weight excluding hydrogens is 290 g/mol. The van der Waals surface area contributed by atoms with E-state index < -0.39 is 17.0 Å². The zero-order chi connectivity index (χ0) is 15.5. The van der Waals surface area contributed by atoms with E-state index in [4.69, 9.17) is 4.74 Å². The number of nitrogens with zero attached hydrogens (tertiary/aromatic N) is 3. The van der Waals surface area contributed by atoms with E-state index in [0.29, 0.717) is 13.1 Å². The molecule has 0 spiro atoms. The lowest BCUT2D eigenvalue weighted by molar-refractivity contribution is 0.0143. The maximum atomic E-state index is 12.0. The average molecular weight is 317 g/mol. The molecule has 2 rings (SSSR count). The number of carbonyl (C=O) groups excluding carboxylic acids is 1. The van der Waals surface area contributed by atoms with Crippen molar-refractivity contribution >= 4 is 17.5 Å². The van der Waals surface area contributed by atoms with Gasteiger partial charge in [-0.15, -0.1) is 4.31 Å². The van der Waals surface area contributed by atoms with Gasteiger partial charge in [-0.05, 0) is 20.8 Å². The van der Waals surface area contributed by atoms with E-state index in [1.165, 1.54) is 0 Å². The summed E-state index contributed by atoms with van der Waals surface area (Å²) in [5, 5.41) is 0. The Morgan fingerprint density at radius 2 is 1.81 bits per heavy atom. The fourth-order valence-corrected chi connectivity index (χ4v) is 3.79. The third-order valence-electron chi connectivity index (χ3n) is 3.70. The number of piperazine rings is 1. The van der Waals surface area contributed by atoms with Gasteiger partial charge in [0.15, 0.2) is 0 Å². The summed E-state index contributed by atoms with van der Waals surface area (Å²) in [6.45, 7) is 11.5. The van der Waals surface area contributed by atoms with Crippen molar-refractivity contribution in [1.29, 1.82) is 0 Å². The van der Waals surface area contributed by atoms with Crippen LogP contribution in [0.3, 0.4) is 0 Å². The molecule has 1 amide bonds. The molecule has 7 heteroatoms. The molecule has 0 bridgehead atoms. The first-order chi connectivity index (χ1) is 9.85. The second-order valence-corrected chi connectivity index (χ2v) is 8.18. The summed E-state index contributed by atoms with van der Waals surface area (Å²) in [4.78, 5) is 16.1. The van der Waals surface area contributed by atoms with Gasteiger partial charge in [-0.1, -0.05) is 0 Å². The minimum Gasteiger partial charge on any atom is -0.598 e. The molecule has 0 N–H and O–H groups in total. The van der Waals surface area contributed by atoms with Crippen LogP contribution in [-0.4, -0.2) is 81.9 Å². The number of ether oxygens (including phenoxy) is 1. The topological polar surface area (TPSA) is 59.1 Å². The highest BCUT2D eigenvalue weighted by Crippen LogP contribution is 2.14. The molecule has 1 unspecified atom stereocenters. The van der Waals surface area contributed by atoms with Gasteiger partial charge in [-0.2, -0.15) is 0 Å². The Bertz CT molecular complexity index is 354. The van der Waals surface area contributed by atoms with Gasteiger partial charge in [0, 0.05) is 57.1 Å².